The molecule has 0 radical (unpaired) electrons. The van der Waals surface area contributed by atoms with Crippen LogP contribution in [0.15, 0.2) is 12.1 Å². The van der Waals surface area contributed by atoms with E-state index < -0.39 is 5.82 Å². The number of benzene rings is 1. The van der Waals surface area contributed by atoms with Crippen molar-refractivity contribution in [2.45, 2.75) is 26.2 Å². The van der Waals surface area contributed by atoms with Crippen molar-refractivity contribution < 1.29 is 13.9 Å². The summed E-state index contributed by atoms with van der Waals surface area (Å²) in [5, 5.41) is 0. The van der Waals surface area contributed by atoms with Crippen molar-refractivity contribution in [2.24, 2.45) is 5.92 Å². The molecule has 0 bridgehead atoms. The molecule has 0 unspecified atom stereocenters. The molecule has 1 aromatic rings. The van der Waals surface area contributed by atoms with Crippen LogP contribution in [-0.2, 0) is 0 Å². The summed E-state index contributed by atoms with van der Waals surface area (Å²) in [5.41, 5.74) is 6.02. The Morgan fingerprint density at radius 2 is 2.06 bits per heavy atom. The van der Waals surface area contributed by atoms with Gasteiger partial charge in [-0.05, 0) is 19.3 Å². The Morgan fingerprint density at radius 1 is 1.29 bits per heavy atom. The van der Waals surface area contributed by atoms with Gasteiger partial charge in [-0.15, -0.1) is 0 Å². The van der Waals surface area contributed by atoms with Gasteiger partial charge < -0.3 is 15.2 Å². The van der Waals surface area contributed by atoms with Crippen molar-refractivity contribution in [3.63, 3.8) is 0 Å². The highest BCUT2D eigenvalue weighted by Crippen LogP contribution is 2.34. The monoisotopic (exact) mass is 239 g/mol. The largest absolute Gasteiger partial charge is 0.491 e. The van der Waals surface area contributed by atoms with E-state index in [-0.39, 0.29) is 5.75 Å². The van der Waals surface area contributed by atoms with Gasteiger partial charge in [0.15, 0.2) is 11.6 Å². The summed E-state index contributed by atoms with van der Waals surface area (Å²) in [4.78, 5) is 0. The molecular weight excluding hydrogens is 221 g/mol. The molecule has 4 heteroatoms. The highest BCUT2D eigenvalue weighted by molar-refractivity contribution is 5.56. The van der Waals surface area contributed by atoms with E-state index in [9.17, 15) is 4.39 Å². The molecule has 0 spiro atoms. The molecule has 0 heterocycles. The molecule has 1 aromatic carbocycles. The number of halogens is 1. The summed E-state index contributed by atoms with van der Waals surface area (Å²) in [6, 6.07) is 2.78. The zero-order chi connectivity index (χ0) is 12.3. The maximum atomic E-state index is 13.4. The smallest absolute Gasteiger partial charge is 0.167 e. The Balaban J connectivity index is 2.00. The Labute approximate surface area is 101 Å². The Kier molecular flexibility index (Phi) is 3.71. The van der Waals surface area contributed by atoms with Gasteiger partial charge in [0.25, 0.3) is 0 Å². The minimum Gasteiger partial charge on any atom is -0.491 e. The fourth-order valence-corrected chi connectivity index (χ4v) is 1.68. The molecule has 1 saturated carbocycles. The van der Waals surface area contributed by atoms with Gasteiger partial charge in [0.1, 0.15) is 5.75 Å². The van der Waals surface area contributed by atoms with Crippen LogP contribution in [0.5, 0.6) is 11.5 Å². The minimum absolute atomic E-state index is 0.197. The average molecular weight is 239 g/mol. The van der Waals surface area contributed by atoms with Crippen LogP contribution in [0, 0.1) is 11.7 Å². The van der Waals surface area contributed by atoms with Gasteiger partial charge in [0.05, 0.1) is 18.9 Å². The molecule has 0 saturated heterocycles. The van der Waals surface area contributed by atoms with Crippen LogP contribution in [0.2, 0.25) is 0 Å². The lowest BCUT2D eigenvalue weighted by Crippen LogP contribution is -2.03. The Hall–Kier alpha value is -1.45. The van der Waals surface area contributed by atoms with Crippen molar-refractivity contribution in [2.75, 3.05) is 18.9 Å². The SMILES string of the molecule is CCOc1cc(OCCC2CC2)c(N)cc1F. The topological polar surface area (TPSA) is 44.5 Å². The highest BCUT2D eigenvalue weighted by Gasteiger charge is 2.21. The van der Waals surface area contributed by atoms with Gasteiger partial charge >= 0.3 is 0 Å². The molecule has 17 heavy (non-hydrogen) atoms. The summed E-state index contributed by atoms with van der Waals surface area (Å²) in [7, 11) is 0. The second-order valence-corrected chi connectivity index (χ2v) is 4.33. The van der Waals surface area contributed by atoms with Gasteiger partial charge in [-0.1, -0.05) is 12.8 Å². The number of hydrogen-bond donors (Lipinski definition) is 1. The fourth-order valence-electron chi connectivity index (χ4n) is 1.68. The summed E-state index contributed by atoms with van der Waals surface area (Å²) >= 11 is 0. The number of nitrogens with two attached hydrogens (primary N) is 1. The molecule has 1 aliphatic carbocycles. The molecule has 94 valence electrons. The van der Waals surface area contributed by atoms with Crippen molar-refractivity contribution in [1.29, 1.82) is 0 Å². The second kappa shape index (κ2) is 5.25. The molecule has 1 fully saturated rings. The van der Waals surface area contributed by atoms with Crippen LogP contribution in [0.25, 0.3) is 0 Å². The van der Waals surface area contributed by atoms with E-state index in [1.54, 1.807) is 0 Å². The predicted molar refractivity (Wildman–Crippen MR) is 64.8 cm³/mol. The first-order chi connectivity index (χ1) is 8.20. The number of ether oxygens (including phenoxy) is 2. The molecule has 2 N–H and O–H groups in total. The van der Waals surface area contributed by atoms with Crippen LogP contribution >= 0.6 is 0 Å². The maximum Gasteiger partial charge on any atom is 0.167 e. The fraction of sp³-hybridized carbons (Fsp3) is 0.538. The lowest BCUT2D eigenvalue weighted by molar-refractivity contribution is 0.293. The van der Waals surface area contributed by atoms with Crippen LogP contribution in [-0.4, -0.2) is 13.2 Å². The molecule has 0 amide bonds. The highest BCUT2D eigenvalue weighted by atomic mass is 19.1. The Morgan fingerprint density at radius 3 is 2.71 bits per heavy atom. The van der Waals surface area contributed by atoms with Gasteiger partial charge in [0, 0.05) is 12.1 Å². The first-order valence-corrected chi connectivity index (χ1v) is 6.05. The van der Waals surface area contributed by atoms with Crippen LogP contribution < -0.4 is 15.2 Å². The predicted octanol–water partition coefficient (Wildman–Crippen LogP) is 2.99. The normalized spacial score (nSPS) is 14.7. The van der Waals surface area contributed by atoms with Crippen LogP contribution in [0.3, 0.4) is 0 Å². The number of anilines is 1. The van der Waals surface area contributed by atoms with E-state index in [0.29, 0.717) is 24.7 Å². The van der Waals surface area contributed by atoms with E-state index >= 15 is 0 Å². The zero-order valence-electron chi connectivity index (χ0n) is 10.0. The molecule has 1 aliphatic rings. The van der Waals surface area contributed by atoms with Crippen molar-refractivity contribution in [3.8, 4) is 11.5 Å². The third-order valence-corrected chi connectivity index (χ3v) is 2.84. The van der Waals surface area contributed by atoms with Crippen LogP contribution in [0.4, 0.5) is 10.1 Å². The summed E-state index contributed by atoms with van der Waals surface area (Å²) < 4.78 is 24.1. The van der Waals surface area contributed by atoms with E-state index in [1.807, 2.05) is 6.92 Å². The van der Waals surface area contributed by atoms with Crippen LogP contribution in [0.1, 0.15) is 26.2 Å². The van der Waals surface area contributed by atoms with Gasteiger partial charge in [-0.2, -0.15) is 0 Å². The Bertz CT molecular complexity index is 391. The number of nitrogen functional groups attached to an aromatic ring is 1. The number of rotatable bonds is 6. The minimum atomic E-state index is -0.445. The molecule has 0 atom stereocenters. The quantitative estimate of drug-likeness (QED) is 0.776. The molecular formula is C13H18FNO2. The van der Waals surface area contributed by atoms with Crippen molar-refractivity contribution >= 4 is 5.69 Å². The van der Waals surface area contributed by atoms with Gasteiger partial charge in [-0.25, -0.2) is 4.39 Å². The van der Waals surface area contributed by atoms with E-state index in [4.69, 9.17) is 15.2 Å². The molecule has 0 aromatic heterocycles. The maximum absolute atomic E-state index is 13.4. The van der Waals surface area contributed by atoms with Gasteiger partial charge in [0.2, 0.25) is 0 Å². The molecule has 3 nitrogen and oxygen atoms in total. The first-order valence-electron chi connectivity index (χ1n) is 6.05. The summed E-state index contributed by atoms with van der Waals surface area (Å²) in [6.07, 6.45) is 3.64. The van der Waals surface area contributed by atoms with Crippen molar-refractivity contribution in [3.05, 3.63) is 17.9 Å². The third-order valence-electron chi connectivity index (χ3n) is 2.84. The van der Waals surface area contributed by atoms with E-state index in [2.05, 4.69) is 0 Å². The lowest BCUT2D eigenvalue weighted by atomic mass is 10.2. The molecule has 2 rings (SSSR count). The van der Waals surface area contributed by atoms with Crippen molar-refractivity contribution in [1.82, 2.24) is 0 Å². The third kappa shape index (κ3) is 3.25. The second-order valence-electron chi connectivity index (χ2n) is 4.33. The molecule has 0 aliphatic heterocycles. The average Bonchev–Trinajstić information content (AvgIpc) is 3.08. The zero-order valence-corrected chi connectivity index (χ0v) is 10.0. The summed E-state index contributed by atoms with van der Waals surface area (Å²) in [6.45, 7) is 2.86. The first kappa shape index (κ1) is 12.0. The van der Waals surface area contributed by atoms with E-state index in [0.717, 1.165) is 12.3 Å². The summed E-state index contributed by atoms with van der Waals surface area (Å²) in [5.74, 6) is 1.07. The van der Waals surface area contributed by atoms with E-state index in [1.165, 1.54) is 25.0 Å². The standard InChI is InChI=1S/C13H18FNO2/c1-2-16-12-8-13(11(15)7-10(12)14)17-6-5-9-3-4-9/h7-9H,2-6,15H2,1H3. The van der Waals surface area contributed by atoms with Gasteiger partial charge in [-0.3, -0.25) is 0 Å². The lowest BCUT2D eigenvalue weighted by Gasteiger charge is -2.11. The number of hydrogen-bond acceptors (Lipinski definition) is 3.